The van der Waals surface area contributed by atoms with Crippen LogP contribution in [0.3, 0.4) is 0 Å². The van der Waals surface area contributed by atoms with E-state index >= 15 is 0 Å². The largest absolute Gasteiger partial charge is 0.361 e. The van der Waals surface area contributed by atoms with E-state index < -0.39 is 0 Å². The zero-order chi connectivity index (χ0) is 9.14. The zero-order valence-corrected chi connectivity index (χ0v) is 8.35. The highest BCUT2D eigenvalue weighted by atomic mass is 16.5. The minimum absolute atomic E-state index is 0.674. The summed E-state index contributed by atoms with van der Waals surface area (Å²) in [5, 5.41) is 4.01. The number of aryl methyl sites for hydroxylation is 2. The van der Waals surface area contributed by atoms with Gasteiger partial charge in [-0.2, -0.15) is 0 Å². The molecular formula is C10H17NO. The second-order valence-corrected chi connectivity index (χ2v) is 3.62. The predicted octanol–water partition coefficient (Wildman–Crippen LogP) is 2.74. The molecule has 68 valence electrons. The molecule has 0 aliphatic heterocycles. The van der Waals surface area contributed by atoms with E-state index in [1.807, 2.05) is 6.92 Å². The van der Waals surface area contributed by atoms with Crippen molar-refractivity contribution >= 4 is 0 Å². The van der Waals surface area contributed by atoms with Crippen molar-refractivity contribution in [1.82, 2.24) is 5.16 Å². The summed E-state index contributed by atoms with van der Waals surface area (Å²) in [6, 6.07) is 0. The Morgan fingerprint density at radius 2 is 2.08 bits per heavy atom. The molecule has 2 heteroatoms. The first-order valence-electron chi connectivity index (χ1n) is 4.59. The Morgan fingerprint density at radius 1 is 1.42 bits per heavy atom. The number of aromatic nitrogens is 1. The second kappa shape index (κ2) is 3.74. The Labute approximate surface area is 74.0 Å². The number of hydrogen-bond donors (Lipinski definition) is 0. The molecule has 0 aliphatic carbocycles. The van der Waals surface area contributed by atoms with Crippen LogP contribution in [0.1, 0.15) is 37.8 Å². The monoisotopic (exact) mass is 167 g/mol. The molecule has 12 heavy (non-hydrogen) atoms. The molecule has 0 spiro atoms. The summed E-state index contributed by atoms with van der Waals surface area (Å²) in [5.41, 5.74) is 2.44. The fraction of sp³-hybridized carbons (Fsp3) is 0.700. The Balaban J connectivity index is 2.86. The minimum Gasteiger partial charge on any atom is -0.361 e. The number of nitrogens with zero attached hydrogens (tertiary/aromatic N) is 1. The first-order chi connectivity index (χ1) is 5.65. The first-order valence-corrected chi connectivity index (χ1v) is 4.59. The highest BCUT2D eigenvalue weighted by molar-refractivity contribution is 5.22. The van der Waals surface area contributed by atoms with Crippen molar-refractivity contribution in [3.8, 4) is 0 Å². The van der Waals surface area contributed by atoms with Crippen LogP contribution < -0.4 is 0 Å². The Hall–Kier alpha value is -0.790. The summed E-state index contributed by atoms with van der Waals surface area (Å²) in [6.07, 6.45) is 2.05. The van der Waals surface area contributed by atoms with Gasteiger partial charge in [-0.3, -0.25) is 0 Å². The summed E-state index contributed by atoms with van der Waals surface area (Å²) in [7, 11) is 0. The Kier molecular flexibility index (Phi) is 2.90. The summed E-state index contributed by atoms with van der Waals surface area (Å²) in [4.78, 5) is 0. The van der Waals surface area contributed by atoms with Crippen molar-refractivity contribution in [1.29, 1.82) is 0 Å². The Bertz CT molecular complexity index is 250. The molecule has 0 unspecified atom stereocenters. The van der Waals surface area contributed by atoms with Gasteiger partial charge >= 0.3 is 0 Å². The molecule has 2 nitrogen and oxygen atoms in total. The van der Waals surface area contributed by atoms with Gasteiger partial charge in [0.25, 0.3) is 0 Å². The zero-order valence-electron chi connectivity index (χ0n) is 8.35. The first kappa shape index (κ1) is 9.30. The lowest BCUT2D eigenvalue weighted by atomic mass is 10.0. The molecule has 0 saturated carbocycles. The molecule has 1 aromatic heterocycles. The molecule has 0 aliphatic rings. The molecule has 0 N–H and O–H groups in total. The van der Waals surface area contributed by atoms with Gasteiger partial charge in [0.15, 0.2) is 0 Å². The maximum Gasteiger partial charge on any atom is 0.137 e. The van der Waals surface area contributed by atoms with Gasteiger partial charge in [-0.1, -0.05) is 25.9 Å². The van der Waals surface area contributed by atoms with Crippen LogP contribution in [0, 0.1) is 12.8 Å². The van der Waals surface area contributed by atoms with Crippen LogP contribution in [0.5, 0.6) is 0 Å². The average molecular weight is 167 g/mol. The standard InChI is InChI=1S/C10H17NO/c1-5-10-9(6-7(2)3)8(4)12-11-10/h7H,5-6H2,1-4H3. The van der Waals surface area contributed by atoms with Crippen LogP contribution in [-0.2, 0) is 12.8 Å². The van der Waals surface area contributed by atoms with Gasteiger partial charge < -0.3 is 4.52 Å². The highest BCUT2D eigenvalue weighted by Crippen LogP contribution is 2.17. The Morgan fingerprint density at radius 3 is 2.58 bits per heavy atom. The quantitative estimate of drug-likeness (QED) is 0.691. The normalized spacial score (nSPS) is 11.1. The van der Waals surface area contributed by atoms with E-state index in [-0.39, 0.29) is 0 Å². The van der Waals surface area contributed by atoms with Gasteiger partial charge in [-0.15, -0.1) is 0 Å². The van der Waals surface area contributed by atoms with E-state index in [4.69, 9.17) is 4.52 Å². The molecular weight excluding hydrogens is 150 g/mol. The van der Waals surface area contributed by atoms with Crippen LogP contribution in [-0.4, -0.2) is 5.16 Å². The van der Waals surface area contributed by atoms with Gasteiger partial charge in [0.1, 0.15) is 5.76 Å². The highest BCUT2D eigenvalue weighted by Gasteiger charge is 2.11. The van der Waals surface area contributed by atoms with Crippen LogP contribution in [0.25, 0.3) is 0 Å². The summed E-state index contributed by atoms with van der Waals surface area (Å²) in [6.45, 7) is 8.53. The third-order valence-electron chi connectivity index (χ3n) is 2.01. The van der Waals surface area contributed by atoms with Crippen molar-refractivity contribution in [2.24, 2.45) is 5.92 Å². The van der Waals surface area contributed by atoms with Crippen LogP contribution in [0.15, 0.2) is 4.52 Å². The summed E-state index contributed by atoms with van der Waals surface area (Å²) >= 11 is 0. The van der Waals surface area contributed by atoms with Gasteiger partial charge in [0.05, 0.1) is 5.69 Å². The fourth-order valence-electron chi connectivity index (χ4n) is 1.38. The van der Waals surface area contributed by atoms with Gasteiger partial charge in [0, 0.05) is 5.56 Å². The van der Waals surface area contributed by atoms with Crippen molar-refractivity contribution in [3.05, 3.63) is 17.0 Å². The number of hydrogen-bond acceptors (Lipinski definition) is 2. The van der Waals surface area contributed by atoms with E-state index in [2.05, 4.69) is 25.9 Å². The average Bonchev–Trinajstić information content (AvgIpc) is 2.32. The smallest absolute Gasteiger partial charge is 0.137 e. The predicted molar refractivity (Wildman–Crippen MR) is 49.2 cm³/mol. The molecule has 1 heterocycles. The van der Waals surface area contributed by atoms with E-state index in [1.54, 1.807) is 0 Å². The molecule has 1 rings (SSSR count). The van der Waals surface area contributed by atoms with Crippen molar-refractivity contribution in [2.75, 3.05) is 0 Å². The van der Waals surface area contributed by atoms with Gasteiger partial charge in [-0.05, 0) is 25.7 Å². The van der Waals surface area contributed by atoms with Gasteiger partial charge in [-0.25, -0.2) is 0 Å². The van der Waals surface area contributed by atoms with Crippen molar-refractivity contribution in [2.45, 2.75) is 40.5 Å². The molecule has 0 amide bonds. The van der Waals surface area contributed by atoms with E-state index in [9.17, 15) is 0 Å². The molecule has 0 fully saturated rings. The molecule has 0 aromatic carbocycles. The molecule has 0 radical (unpaired) electrons. The van der Waals surface area contributed by atoms with Crippen LogP contribution >= 0.6 is 0 Å². The molecule has 0 bridgehead atoms. The molecule has 0 saturated heterocycles. The summed E-state index contributed by atoms with van der Waals surface area (Å²) in [5.74, 6) is 1.66. The lowest BCUT2D eigenvalue weighted by molar-refractivity contribution is 0.390. The molecule has 1 aromatic rings. The number of rotatable bonds is 3. The second-order valence-electron chi connectivity index (χ2n) is 3.62. The van der Waals surface area contributed by atoms with E-state index in [1.165, 1.54) is 5.56 Å². The lowest BCUT2D eigenvalue weighted by Crippen LogP contribution is -1.98. The maximum absolute atomic E-state index is 5.14. The van der Waals surface area contributed by atoms with E-state index in [0.717, 1.165) is 24.3 Å². The SMILES string of the molecule is CCc1noc(C)c1CC(C)C. The molecule has 0 atom stereocenters. The van der Waals surface area contributed by atoms with Crippen LogP contribution in [0.4, 0.5) is 0 Å². The lowest BCUT2D eigenvalue weighted by Gasteiger charge is -2.03. The summed E-state index contributed by atoms with van der Waals surface area (Å²) < 4.78 is 5.14. The van der Waals surface area contributed by atoms with E-state index in [0.29, 0.717) is 5.92 Å². The van der Waals surface area contributed by atoms with Gasteiger partial charge in [0.2, 0.25) is 0 Å². The maximum atomic E-state index is 5.14. The minimum atomic E-state index is 0.674. The third-order valence-corrected chi connectivity index (χ3v) is 2.01. The fourth-order valence-corrected chi connectivity index (χ4v) is 1.38. The van der Waals surface area contributed by atoms with Crippen molar-refractivity contribution in [3.63, 3.8) is 0 Å². The van der Waals surface area contributed by atoms with Crippen LogP contribution in [0.2, 0.25) is 0 Å². The topological polar surface area (TPSA) is 26.0 Å². The van der Waals surface area contributed by atoms with Crippen molar-refractivity contribution < 1.29 is 4.52 Å². The third kappa shape index (κ3) is 1.87.